The Balaban J connectivity index is 1.51. The van der Waals surface area contributed by atoms with Crippen molar-refractivity contribution in [3.8, 4) is 5.75 Å². The molecule has 6 nitrogen and oxygen atoms in total. The van der Waals surface area contributed by atoms with Crippen molar-refractivity contribution in [3.05, 3.63) is 53.7 Å². The van der Waals surface area contributed by atoms with Gasteiger partial charge in [0.25, 0.3) is 0 Å². The number of urea groups is 1. The molecule has 0 unspecified atom stereocenters. The highest BCUT2D eigenvalue weighted by Crippen LogP contribution is 2.23. The first kappa shape index (κ1) is 16.1. The number of benzene rings is 1. The van der Waals surface area contributed by atoms with Crippen molar-refractivity contribution >= 4 is 11.8 Å². The number of carbonyl (C=O) groups excluding carboxylic acids is 1. The molecule has 0 bridgehead atoms. The van der Waals surface area contributed by atoms with Crippen LogP contribution in [0.4, 0.5) is 10.6 Å². The first-order valence-corrected chi connectivity index (χ1v) is 8.00. The largest absolute Gasteiger partial charge is 0.491 e. The van der Waals surface area contributed by atoms with Crippen LogP contribution >= 0.6 is 0 Å². The quantitative estimate of drug-likeness (QED) is 0.901. The van der Waals surface area contributed by atoms with E-state index in [1.54, 1.807) is 0 Å². The van der Waals surface area contributed by atoms with Crippen LogP contribution in [0.25, 0.3) is 0 Å². The molecule has 0 aliphatic carbocycles. The summed E-state index contributed by atoms with van der Waals surface area (Å²) in [7, 11) is 3.88. The van der Waals surface area contributed by atoms with E-state index in [1.165, 1.54) is 0 Å². The highest BCUT2D eigenvalue weighted by atomic mass is 16.5. The lowest BCUT2D eigenvalue weighted by atomic mass is 10.0. The monoisotopic (exact) mass is 326 g/mol. The number of para-hydroxylation sites is 1. The molecule has 0 fully saturated rings. The smallest absolute Gasteiger partial charge is 0.315 e. The van der Waals surface area contributed by atoms with Crippen molar-refractivity contribution in [1.82, 2.24) is 15.6 Å². The molecule has 0 radical (unpaired) electrons. The second-order valence-electron chi connectivity index (χ2n) is 6.03. The second kappa shape index (κ2) is 7.21. The Hall–Kier alpha value is -2.76. The molecule has 2 N–H and O–H groups in total. The van der Waals surface area contributed by atoms with Gasteiger partial charge in [0.05, 0.1) is 18.3 Å². The summed E-state index contributed by atoms with van der Waals surface area (Å²) >= 11 is 0. The van der Waals surface area contributed by atoms with E-state index in [0.717, 1.165) is 29.2 Å². The SMILES string of the molecule is CN(C)c1cccc(CNC(=O)N[C@@H]2COc3ccccc3C2)n1. The van der Waals surface area contributed by atoms with Crippen molar-refractivity contribution in [2.75, 3.05) is 25.6 Å². The van der Waals surface area contributed by atoms with Crippen LogP contribution in [0.1, 0.15) is 11.3 Å². The minimum absolute atomic E-state index is 0.0269. The van der Waals surface area contributed by atoms with Gasteiger partial charge in [-0.1, -0.05) is 24.3 Å². The number of nitrogens with zero attached hydrogens (tertiary/aromatic N) is 2. The van der Waals surface area contributed by atoms with E-state index in [0.29, 0.717) is 13.2 Å². The normalized spacial score (nSPS) is 15.8. The number of hydrogen-bond donors (Lipinski definition) is 2. The Morgan fingerprint density at radius 3 is 2.92 bits per heavy atom. The summed E-state index contributed by atoms with van der Waals surface area (Å²) in [6.45, 7) is 0.872. The van der Waals surface area contributed by atoms with E-state index in [1.807, 2.05) is 61.5 Å². The van der Waals surface area contributed by atoms with Gasteiger partial charge in [0, 0.05) is 14.1 Å². The van der Waals surface area contributed by atoms with Gasteiger partial charge in [-0.15, -0.1) is 0 Å². The van der Waals surface area contributed by atoms with Gasteiger partial charge in [-0.3, -0.25) is 0 Å². The van der Waals surface area contributed by atoms with Gasteiger partial charge < -0.3 is 20.3 Å². The summed E-state index contributed by atoms with van der Waals surface area (Å²) in [4.78, 5) is 18.5. The Morgan fingerprint density at radius 1 is 1.25 bits per heavy atom. The number of aromatic nitrogens is 1. The van der Waals surface area contributed by atoms with E-state index < -0.39 is 0 Å². The van der Waals surface area contributed by atoms with Crippen molar-refractivity contribution in [3.63, 3.8) is 0 Å². The fourth-order valence-electron chi connectivity index (χ4n) is 2.64. The number of pyridine rings is 1. The lowest BCUT2D eigenvalue weighted by Crippen LogP contribution is -2.47. The van der Waals surface area contributed by atoms with Crippen LogP contribution in [0.15, 0.2) is 42.5 Å². The zero-order valence-corrected chi connectivity index (χ0v) is 14.0. The molecule has 1 atom stereocenters. The average Bonchev–Trinajstić information content (AvgIpc) is 2.60. The summed E-state index contributed by atoms with van der Waals surface area (Å²) in [5.74, 6) is 1.77. The molecule has 2 aromatic rings. The fourth-order valence-corrected chi connectivity index (χ4v) is 2.64. The van der Waals surface area contributed by atoms with Gasteiger partial charge in [-0.25, -0.2) is 9.78 Å². The van der Waals surface area contributed by atoms with Crippen LogP contribution in [0.5, 0.6) is 5.75 Å². The number of anilines is 1. The number of rotatable bonds is 4. The minimum atomic E-state index is -0.208. The minimum Gasteiger partial charge on any atom is -0.491 e. The second-order valence-corrected chi connectivity index (χ2v) is 6.03. The molecule has 0 spiro atoms. The average molecular weight is 326 g/mol. The summed E-state index contributed by atoms with van der Waals surface area (Å²) in [5.41, 5.74) is 1.94. The highest BCUT2D eigenvalue weighted by Gasteiger charge is 2.20. The Labute approximate surface area is 141 Å². The molecule has 0 saturated heterocycles. The standard InChI is InChI=1S/C18H22N4O2/c1-22(2)17-9-5-7-14(20-17)11-19-18(23)21-15-10-13-6-3-4-8-16(13)24-12-15/h3-9,15H,10-12H2,1-2H3,(H2,19,21,23)/t15-/m0/s1. The van der Waals surface area contributed by atoms with Crippen LogP contribution in [-0.2, 0) is 13.0 Å². The predicted molar refractivity (Wildman–Crippen MR) is 93.4 cm³/mol. The fraction of sp³-hybridized carbons (Fsp3) is 0.333. The molecule has 1 aromatic heterocycles. The molecule has 3 rings (SSSR count). The van der Waals surface area contributed by atoms with E-state index in [4.69, 9.17) is 4.74 Å². The molecule has 1 aliphatic heterocycles. The molecule has 126 valence electrons. The third kappa shape index (κ3) is 3.95. The van der Waals surface area contributed by atoms with Crippen LogP contribution in [0, 0.1) is 0 Å². The lowest BCUT2D eigenvalue weighted by Gasteiger charge is -2.26. The molecule has 2 amide bonds. The lowest BCUT2D eigenvalue weighted by molar-refractivity contribution is 0.214. The maximum Gasteiger partial charge on any atom is 0.315 e. The van der Waals surface area contributed by atoms with Crippen LogP contribution in [-0.4, -0.2) is 37.8 Å². The van der Waals surface area contributed by atoms with Crippen molar-refractivity contribution in [2.24, 2.45) is 0 Å². The zero-order chi connectivity index (χ0) is 16.9. The molecular formula is C18H22N4O2. The number of hydrogen-bond acceptors (Lipinski definition) is 4. The summed E-state index contributed by atoms with van der Waals surface area (Å²) in [5, 5.41) is 5.80. The van der Waals surface area contributed by atoms with Gasteiger partial charge in [0.1, 0.15) is 18.2 Å². The first-order valence-electron chi connectivity index (χ1n) is 8.00. The Morgan fingerprint density at radius 2 is 2.08 bits per heavy atom. The van der Waals surface area contributed by atoms with Crippen molar-refractivity contribution in [1.29, 1.82) is 0 Å². The van der Waals surface area contributed by atoms with E-state index in [9.17, 15) is 4.79 Å². The number of nitrogens with one attached hydrogen (secondary N) is 2. The third-order valence-corrected chi connectivity index (χ3v) is 3.89. The maximum absolute atomic E-state index is 12.1. The number of fused-ring (bicyclic) bond motifs is 1. The molecule has 2 heterocycles. The van der Waals surface area contributed by atoms with E-state index >= 15 is 0 Å². The molecule has 1 aliphatic rings. The van der Waals surface area contributed by atoms with E-state index in [2.05, 4.69) is 15.6 Å². The van der Waals surface area contributed by atoms with Crippen molar-refractivity contribution < 1.29 is 9.53 Å². The van der Waals surface area contributed by atoms with Crippen LogP contribution < -0.4 is 20.3 Å². The number of carbonyl (C=O) groups is 1. The van der Waals surface area contributed by atoms with Gasteiger partial charge in [-0.2, -0.15) is 0 Å². The highest BCUT2D eigenvalue weighted by molar-refractivity contribution is 5.74. The Kier molecular flexibility index (Phi) is 4.84. The Bertz CT molecular complexity index is 718. The first-order chi connectivity index (χ1) is 11.6. The summed E-state index contributed by atoms with van der Waals surface area (Å²) in [6, 6.07) is 13.4. The van der Waals surface area contributed by atoms with Crippen molar-refractivity contribution in [2.45, 2.75) is 19.0 Å². The molecule has 24 heavy (non-hydrogen) atoms. The molecule has 1 aromatic carbocycles. The summed E-state index contributed by atoms with van der Waals surface area (Å²) in [6.07, 6.45) is 0.776. The van der Waals surface area contributed by atoms with E-state index in [-0.39, 0.29) is 12.1 Å². The van der Waals surface area contributed by atoms with Crippen LogP contribution in [0.2, 0.25) is 0 Å². The van der Waals surface area contributed by atoms with Gasteiger partial charge in [0.15, 0.2) is 0 Å². The predicted octanol–water partition coefficient (Wildman–Crippen LogP) is 1.95. The molecule has 0 saturated carbocycles. The maximum atomic E-state index is 12.1. The van der Waals surface area contributed by atoms with Gasteiger partial charge in [0.2, 0.25) is 0 Å². The topological polar surface area (TPSA) is 66.5 Å². The molecule has 6 heteroatoms. The number of ether oxygens (including phenoxy) is 1. The van der Waals surface area contributed by atoms with Crippen LogP contribution in [0.3, 0.4) is 0 Å². The zero-order valence-electron chi connectivity index (χ0n) is 14.0. The summed E-state index contributed by atoms with van der Waals surface area (Å²) < 4.78 is 5.68. The number of amides is 2. The third-order valence-electron chi connectivity index (χ3n) is 3.89. The van der Waals surface area contributed by atoms with Gasteiger partial charge >= 0.3 is 6.03 Å². The molecular weight excluding hydrogens is 304 g/mol. The van der Waals surface area contributed by atoms with Gasteiger partial charge in [-0.05, 0) is 30.2 Å².